The molecule has 0 aliphatic rings. The van der Waals surface area contributed by atoms with Gasteiger partial charge in [0, 0.05) is 33.4 Å². The average Bonchev–Trinajstić information content (AvgIpc) is 0.927. The van der Waals surface area contributed by atoms with E-state index in [0.29, 0.717) is 109 Å². The van der Waals surface area contributed by atoms with E-state index in [0.717, 1.165) is 163 Å². The summed E-state index contributed by atoms with van der Waals surface area (Å²) in [5.41, 5.74) is 8.05. The number of benzene rings is 4. The van der Waals surface area contributed by atoms with Gasteiger partial charge >= 0.3 is 0 Å². The van der Waals surface area contributed by atoms with Crippen LogP contribution >= 0.6 is 37.0 Å². The number of hydrogen-bond donors (Lipinski definition) is 2. The molecule has 30 heteroatoms. The first-order valence-electron chi connectivity index (χ1n) is 32.1. The molecule has 4 aromatic rings. The molecule has 0 fully saturated rings. The van der Waals surface area contributed by atoms with Crippen LogP contribution < -0.4 is 11.8 Å². The van der Waals surface area contributed by atoms with Crippen LogP contribution in [0.5, 0.6) is 0 Å². The minimum atomic E-state index is -0.161. The Morgan fingerprint density at radius 3 is 0.760 bits per heavy atom. The lowest BCUT2D eigenvalue weighted by molar-refractivity contribution is -0.106. The number of nitrogens with zero attached hydrogens (tertiary/aromatic N) is 6. The summed E-state index contributed by atoms with van der Waals surface area (Å²) in [6, 6.07) is 24.1. The molecule has 0 heterocycles. The zero-order chi connectivity index (χ0) is 74.8. The normalized spacial score (nSPS) is 11.0. The fourth-order valence-corrected chi connectivity index (χ4v) is 7.33. The number of aryl methyl sites for hydroxylation is 2. The predicted molar refractivity (Wildman–Crippen MR) is 404 cm³/mol. The molecule has 4 unspecified atom stereocenters. The van der Waals surface area contributed by atoms with E-state index in [9.17, 15) is 47.9 Å². The number of unbranched alkanes of at least 4 members (excludes halogenated alkanes) is 12. The molecular formula is C70H100N8O18P4. The summed E-state index contributed by atoms with van der Waals surface area (Å²) in [6.45, 7) is 14.6. The highest BCUT2D eigenvalue weighted by atomic mass is 31.0. The number of carbonyl (C=O) groups is 10. The summed E-state index contributed by atoms with van der Waals surface area (Å²) in [7, 11) is 8.21. The second-order valence-electron chi connectivity index (χ2n) is 21.4. The van der Waals surface area contributed by atoms with Crippen molar-refractivity contribution < 1.29 is 86.6 Å². The first-order chi connectivity index (χ1) is 48.1. The van der Waals surface area contributed by atoms with Crippen molar-refractivity contribution in [3.05, 3.63) is 141 Å². The second-order valence-corrected chi connectivity index (χ2v) is 23.5. The van der Waals surface area contributed by atoms with E-state index >= 15 is 0 Å². The minimum absolute atomic E-state index is 0.143. The van der Waals surface area contributed by atoms with Gasteiger partial charge in [-0.25, -0.2) is 11.8 Å². The summed E-state index contributed by atoms with van der Waals surface area (Å²) in [5.74, 6) is 9.75. The van der Waals surface area contributed by atoms with Gasteiger partial charge in [0.15, 0.2) is 22.1 Å². The molecule has 100 heavy (non-hydrogen) atoms. The van der Waals surface area contributed by atoms with E-state index in [1.165, 1.54) is 0 Å². The van der Waals surface area contributed by atoms with Crippen LogP contribution in [0, 0.1) is 13.8 Å². The van der Waals surface area contributed by atoms with Gasteiger partial charge in [-0.05, 0) is 184 Å². The van der Waals surface area contributed by atoms with E-state index < -0.39 is 0 Å². The Morgan fingerprint density at radius 1 is 0.310 bits per heavy atom. The topological polar surface area (TPSA) is 371 Å². The lowest BCUT2D eigenvalue weighted by Gasteiger charge is -2.02. The van der Waals surface area contributed by atoms with Gasteiger partial charge in [0.1, 0.15) is 100 Å². The highest BCUT2D eigenvalue weighted by molar-refractivity contribution is 7.45. The van der Waals surface area contributed by atoms with Gasteiger partial charge in [-0.15, -0.1) is 0 Å². The molecule has 548 valence electrons. The number of aldehydes is 6. The molecule has 0 bridgehead atoms. The number of nitrogens with two attached hydrogens (primary N) is 2. The standard InChI is InChI=1S/C18H25N2O4P.C17H23N2O4P.2C9H19N2O3P.C9H8O2.C8H6O2/c1-14-9-16(11-17(10-14)13-21)12-19-23-7-5-3-4-6-8-24-20-15(2)18(22)25;1-14(17(21)24)19-23-11-5-3-2-4-10-22-18-12-15-6-8-16(13-20)9-7-15;2*1-8(9(12)15)11-14-7-5-3-2-4-6-13-10;1-7-2-8(5-10)4-9(3-7)6-11;9-5-7-1-2-8(6-10)4-3-7/h9-13H,3-8,25H2,1-2H3;6-9,12-13H,2-5,10-11,24H2,1H3;2*2-7,10,15H2,1H3;2-6H,1H3;1-6H/b19-12+,20-15-;18-12+,19-14-;2*11-8-;;. The monoisotopic (exact) mass is 1460 g/mol. The number of oxime groups is 6. The Balaban J connectivity index is 0. The molecule has 0 aliphatic heterocycles. The quantitative estimate of drug-likeness (QED) is 0.0136. The second kappa shape index (κ2) is 65.6. The van der Waals surface area contributed by atoms with Gasteiger partial charge in [-0.3, -0.25) is 47.9 Å². The first-order valence-corrected chi connectivity index (χ1v) is 34.4. The van der Waals surface area contributed by atoms with Crippen LogP contribution in [0.3, 0.4) is 0 Å². The van der Waals surface area contributed by atoms with Gasteiger partial charge in [-0.1, -0.05) is 135 Å². The van der Waals surface area contributed by atoms with Crippen molar-refractivity contribution in [3.63, 3.8) is 0 Å². The van der Waals surface area contributed by atoms with Crippen molar-refractivity contribution in [1.82, 2.24) is 0 Å². The molecule has 0 saturated carbocycles. The minimum Gasteiger partial charge on any atom is -0.396 e. The van der Waals surface area contributed by atoms with Gasteiger partial charge in [0.25, 0.3) is 0 Å². The summed E-state index contributed by atoms with van der Waals surface area (Å²) in [5, 5.41) is 22.5. The molecule has 4 rings (SSSR count). The lowest BCUT2D eigenvalue weighted by atomic mass is 10.1. The van der Waals surface area contributed by atoms with Crippen molar-refractivity contribution in [2.45, 2.75) is 144 Å². The van der Waals surface area contributed by atoms with Crippen molar-refractivity contribution in [2.24, 2.45) is 42.7 Å². The summed E-state index contributed by atoms with van der Waals surface area (Å²) in [6.07, 6.45) is 23.4. The van der Waals surface area contributed by atoms with Gasteiger partial charge in [0.05, 0.1) is 25.6 Å². The molecule has 0 radical (unpaired) electrons. The number of rotatable bonds is 46. The maximum absolute atomic E-state index is 10.9. The molecule has 0 aliphatic carbocycles. The Kier molecular flexibility index (Phi) is 61.6. The van der Waals surface area contributed by atoms with Crippen molar-refractivity contribution in [2.75, 3.05) is 52.9 Å². The van der Waals surface area contributed by atoms with Crippen LogP contribution in [0.1, 0.15) is 215 Å². The Hall–Kier alpha value is -8.04. The third-order valence-corrected chi connectivity index (χ3v) is 14.3. The summed E-state index contributed by atoms with van der Waals surface area (Å²) < 4.78 is 0. The predicted octanol–water partition coefficient (Wildman–Crippen LogP) is 12.1. The largest absolute Gasteiger partial charge is 0.396 e. The highest BCUT2D eigenvalue weighted by Gasteiger charge is 2.03. The number of carbonyl (C=O) groups excluding carboxylic acids is 10. The molecule has 0 aromatic heterocycles. The first kappa shape index (κ1) is 94.0. The van der Waals surface area contributed by atoms with Crippen LogP contribution in [0.25, 0.3) is 0 Å². The van der Waals surface area contributed by atoms with Crippen LogP contribution in [0.4, 0.5) is 0 Å². The van der Waals surface area contributed by atoms with Crippen molar-refractivity contribution >= 4 is 132 Å². The highest BCUT2D eigenvalue weighted by Crippen LogP contribution is 2.10. The van der Waals surface area contributed by atoms with E-state index in [2.05, 4.69) is 59.1 Å². The maximum Gasteiger partial charge on any atom is 0.195 e. The van der Waals surface area contributed by atoms with E-state index in [1.807, 2.05) is 56.6 Å². The lowest BCUT2D eigenvalue weighted by Crippen LogP contribution is -2.02. The van der Waals surface area contributed by atoms with E-state index in [1.54, 1.807) is 101 Å². The van der Waals surface area contributed by atoms with E-state index in [-0.39, 0.29) is 22.1 Å². The average molecular weight is 1470 g/mol. The Labute approximate surface area is 596 Å². The fourth-order valence-electron chi connectivity index (χ4n) is 7.12. The van der Waals surface area contributed by atoms with Crippen molar-refractivity contribution in [1.29, 1.82) is 0 Å². The third-order valence-electron chi connectivity index (χ3n) is 12.7. The van der Waals surface area contributed by atoms with Gasteiger partial charge < -0.3 is 38.7 Å². The molecule has 0 spiro atoms. The molecule has 0 saturated heterocycles. The van der Waals surface area contributed by atoms with Crippen LogP contribution in [-0.4, -0.2) is 148 Å². The Bertz CT molecular complexity index is 3090. The smallest absolute Gasteiger partial charge is 0.195 e. The van der Waals surface area contributed by atoms with Crippen molar-refractivity contribution in [3.8, 4) is 0 Å². The van der Waals surface area contributed by atoms with Crippen LogP contribution in [-0.2, 0) is 57.9 Å². The third kappa shape index (κ3) is 56.8. The van der Waals surface area contributed by atoms with E-state index in [4.69, 9.17) is 40.8 Å². The SMILES string of the molecule is C/C(=N/OCCCCCCO/N=C/c1cc(C)cc(C=O)c1)C(=O)P.C/C(=N/OCCCCCCO/N=C/c1ccc(C=O)cc1)C(=O)P.C/C(=N/OCCCCCCON)C(=O)P.C/C(=N/OCCCCCCON)C(=O)P.Cc1cc(C=O)cc(C=O)c1.O=Cc1ccc(C=O)cc1. The molecule has 26 nitrogen and oxygen atoms in total. The molecule has 0 amide bonds. The summed E-state index contributed by atoms with van der Waals surface area (Å²) >= 11 is 0. The molecule has 4 aromatic carbocycles. The fraction of sp³-hybridized carbons (Fsp3) is 0.429. The zero-order valence-electron chi connectivity index (χ0n) is 58.2. The zero-order valence-corrected chi connectivity index (χ0v) is 62.8. The van der Waals surface area contributed by atoms with Gasteiger partial charge in [-0.2, -0.15) is 0 Å². The van der Waals surface area contributed by atoms with Crippen LogP contribution in [0.15, 0.2) is 116 Å². The molecular weight excluding hydrogens is 1360 g/mol. The Morgan fingerprint density at radius 2 is 0.520 bits per heavy atom. The van der Waals surface area contributed by atoms with Crippen LogP contribution in [0.2, 0.25) is 0 Å². The maximum atomic E-state index is 10.9. The molecule has 4 atom stereocenters. The van der Waals surface area contributed by atoms with Gasteiger partial charge in [0.2, 0.25) is 0 Å². The number of hydrogen-bond acceptors (Lipinski definition) is 26. The summed E-state index contributed by atoms with van der Waals surface area (Å²) in [4.78, 5) is 145. The molecule has 4 N–H and O–H groups in total.